The smallest absolute Gasteiger partial charge is 0.243 e. The normalized spacial score (nSPS) is 12.9. The second-order valence-electron chi connectivity index (χ2n) is 4.26. The van der Waals surface area contributed by atoms with Crippen LogP contribution in [0, 0.1) is 0 Å². The van der Waals surface area contributed by atoms with Crippen molar-refractivity contribution in [1.82, 2.24) is 5.06 Å². The summed E-state index contributed by atoms with van der Waals surface area (Å²) in [6.45, 7) is 5.06. The van der Waals surface area contributed by atoms with E-state index in [0.717, 1.165) is 0 Å². The zero-order chi connectivity index (χ0) is 12.9. The maximum atomic E-state index is 11.1. The van der Waals surface area contributed by atoms with Gasteiger partial charge in [0.15, 0.2) is 0 Å². The average Bonchev–Trinajstić information content (AvgIpc) is 2.08. The highest BCUT2D eigenvalue weighted by molar-refractivity contribution is 5.87. The van der Waals surface area contributed by atoms with Gasteiger partial charge in [-0.2, -0.15) is 0 Å². The number of carbonyl (C=O) groups excluding carboxylic acids is 3. The minimum atomic E-state index is -1.19. The molecule has 16 heavy (non-hydrogen) atoms. The number of hydroxylamine groups is 2. The van der Waals surface area contributed by atoms with Crippen molar-refractivity contribution < 1.29 is 19.2 Å². The Morgan fingerprint density at radius 2 is 1.88 bits per heavy atom. The Kier molecular flexibility index (Phi) is 4.90. The summed E-state index contributed by atoms with van der Waals surface area (Å²) in [6, 6.07) is -1.19. The summed E-state index contributed by atoms with van der Waals surface area (Å²) in [5.41, 5.74) is 9.31. The van der Waals surface area contributed by atoms with Gasteiger partial charge in [-0.25, -0.2) is 5.06 Å². The molecule has 0 aromatic carbocycles. The Hall–Kier alpha value is -1.63. The van der Waals surface area contributed by atoms with Gasteiger partial charge in [0.05, 0.1) is 12.0 Å². The molecule has 0 aromatic heterocycles. The van der Waals surface area contributed by atoms with Crippen LogP contribution in [-0.2, 0) is 19.2 Å². The van der Waals surface area contributed by atoms with E-state index in [0.29, 0.717) is 11.5 Å². The van der Waals surface area contributed by atoms with Crippen molar-refractivity contribution in [1.29, 1.82) is 0 Å². The van der Waals surface area contributed by atoms with E-state index in [1.165, 1.54) is 0 Å². The number of nitrogens with zero attached hydrogens (tertiary/aromatic N) is 1. The highest BCUT2D eigenvalue weighted by Gasteiger charge is 2.29. The van der Waals surface area contributed by atoms with Crippen molar-refractivity contribution in [3.8, 4) is 0 Å². The summed E-state index contributed by atoms with van der Waals surface area (Å²) >= 11 is 0. The van der Waals surface area contributed by atoms with Crippen LogP contribution in [0.15, 0.2) is 0 Å². The first-order chi connectivity index (χ1) is 7.17. The van der Waals surface area contributed by atoms with Crippen LogP contribution in [0.5, 0.6) is 0 Å². The Balaban J connectivity index is 4.78. The summed E-state index contributed by atoms with van der Waals surface area (Å²) in [4.78, 5) is 37.7. The van der Waals surface area contributed by atoms with E-state index in [9.17, 15) is 14.4 Å². The van der Waals surface area contributed by atoms with E-state index >= 15 is 0 Å². The van der Waals surface area contributed by atoms with Crippen LogP contribution < -0.4 is 11.5 Å². The Morgan fingerprint density at radius 1 is 1.38 bits per heavy atom. The molecule has 7 heteroatoms. The number of amides is 3. The van der Waals surface area contributed by atoms with Crippen molar-refractivity contribution in [2.24, 2.45) is 11.5 Å². The molecule has 0 saturated heterocycles. The molecule has 0 aliphatic heterocycles. The molecular weight excluding hydrogens is 214 g/mol. The lowest BCUT2D eigenvalue weighted by atomic mass is 10.2. The fraction of sp³-hybridized carbons (Fsp3) is 0.667. The van der Waals surface area contributed by atoms with E-state index in [1.54, 1.807) is 20.8 Å². The number of primary amides is 2. The van der Waals surface area contributed by atoms with Crippen molar-refractivity contribution >= 4 is 18.2 Å². The van der Waals surface area contributed by atoms with E-state index in [2.05, 4.69) is 0 Å². The molecule has 7 nitrogen and oxygen atoms in total. The Bertz CT molecular complexity index is 285. The molecule has 0 aliphatic rings. The second kappa shape index (κ2) is 5.45. The maximum absolute atomic E-state index is 11.1. The molecule has 0 heterocycles. The zero-order valence-electron chi connectivity index (χ0n) is 9.60. The molecule has 92 valence electrons. The number of rotatable bonds is 6. The summed E-state index contributed by atoms with van der Waals surface area (Å²) in [7, 11) is 0. The molecule has 0 aromatic rings. The lowest BCUT2D eigenvalue weighted by Crippen LogP contribution is -2.48. The fourth-order valence-corrected chi connectivity index (χ4v) is 0.981. The first-order valence-corrected chi connectivity index (χ1v) is 4.67. The third kappa shape index (κ3) is 5.30. The van der Waals surface area contributed by atoms with Gasteiger partial charge in [-0.15, -0.1) is 0 Å². The first kappa shape index (κ1) is 14.4. The monoisotopic (exact) mass is 231 g/mol. The van der Waals surface area contributed by atoms with Crippen LogP contribution in [0.1, 0.15) is 27.2 Å². The van der Waals surface area contributed by atoms with Gasteiger partial charge in [0.1, 0.15) is 6.04 Å². The van der Waals surface area contributed by atoms with Crippen molar-refractivity contribution in [3.05, 3.63) is 0 Å². The topological polar surface area (TPSA) is 116 Å². The van der Waals surface area contributed by atoms with Crippen LogP contribution in [0.4, 0.5) is 0 Å². The average molecular weight is 231 g/mol. The molecule has 0 fully saturated rings. The van der Waals surface area contributed by atoms with Gasteiger partial charge in [-0.3, -0.25) is 19.2 Å². The zero-order valence-corrected chi connectivity index (χ0v) is 9.60. The van der Waals surface area contributed by atoms with Gasteiger partial charge in [0.2, 0.25) is 18.2 Å². The quantitative estimate of drug-likeness (QED) is 0.446. The molecule has 0 aliphatic carbocycles. The molecule has 1 unspecified atom stereocenters. The number of carbonyl (C=O) groups is 3. The summed E-state index contributed by atoms with van der Waals surface area (Å²) in [5.74, 6) is -1.59. The van der Waals surface area contributed by atoms with Crippen LogP contribution in [0.3, 0.4) is 0 Å². The molecule has 0 bridgehead atoms. The highest BCUT2D eigenvalue weighted by atomic mass is 16.7. The molecule has 3 amide bonds. The predicted octanol–water partition coefficient (Wildman–Crippen LogP) is -1.10. The van der Waals surface area contributed by atoms with E-state index < -0.39 is 23.5 Å². The minimum Gasteiger partial charge on any atom is -0.370 e. The van der Waals surface area contributed by atoms with Gasteiger partial charge in [0, 0.05) is 0 Å². The molecule has 0 radical (unpaired) electrons. The highest BCUT2D eigenvalue weighted by Crippen LogP contribution is 2.13. The van der Waals surface area contributed by atoms with Crippen LogP contribution >= 0.6 is 0 Å². The molecule has 0 rings (SSSR count). The molecular formula is C9H17N3O4. The Morgan fingerprint density at radius 3 is 2.12 bits per heavy atom. The van der Waals surface area contributed by atoms with E-state index in [4.69, 9.17) is 16.3 Å². The van der Waals surface area contributed by atoms with Gasteiger partial charge in [0.25, 0.3) is 0 Å². The lowest BCUT2D eigenvalue weighted by molar-refractivity contribution is -0.230. The standard InChI is InChI=1S/C9H17N3O4/c1-9(2,3)16-12(5-13)6(8(11)15)4-7(10)14/h5-6H,4H2,1-3H3,(H2,10,14)(H2,11,15). The fourth-order valence-electron chi connectivity index (χ4n) is 0.981. The van der Waals surface area contributed by atoms with Gasteiger partial charge in [-0.05, 0) is 20.8 Å². The van der Waals surface area contributed by atoms with Crippen LogP contribution in [0.2, 0.25) is 0 Å². The molecule has 0 saturated carbocycles. The summed E-state index contributed by atoms with van der Waals surface area (Å²) in [6.07, 6.45) is -0.0756. The molecule has 0 spiro atoms. The molecule has 1 atom stereocenters. The second-order valence-corrected chi connectivity index (χ2v) is 4.26. The van der Waals surface area contributed by atoms with Crippen molar-refractivity contribution in [3.63, 3.8) is 0 Å². The third-order valence-corrected chi connectivity index (χ3v) is 1.51. The summed E-state index contributed by atoms with van der Waals surface area (Å²) < 4.78 is 0. The van der Waals surface area contributed by atoms with E-state index in [-0.39, 0.29) is 6.42 Å². The third-order valence-electron chi connectivity index (χ3n) is 1.51. The Labute approximate surface area is 93.7 Å². The van der Waals surface area contributed by atoms with Crippen molar-refractivity contribution in [2.75, 3.05) is 0 Å². The SMILES string of the molecule is CC(C)(C)ON(C=O)C(CC(N)=O)C(N)=O. The first-order valence-electron chi connectivity index (χ1n) is 4.67. The molecule has 4 N–H and O–H groups in total. The predicted molar refractivity (Wildman–Crippen MR) is 55.5 cm³/mol. The maximum Gasteiger partial charge on any atom is 0.243 e. The van der Waals surface area contributed by atoms with Gasteiger partial charge < -0.3 is 11.5 Å². The van der Waals surface area contributed by atoms with Crippen LogP contribution in [-0.4, -0.2) is 34.9 Å². The van der Waals surface area contributed by atoms with Crippen molar-refractivity contribution in [2.45, 2.75) is 38.8 Å². The van der Waals surface area contributed by atoms with Crippen LogP contribution in [0.25, 0.3) is 0 Å². The largest absolute Gasteiger partial charge is 0.370 e. The summed E-state index contributed by atoms with van der Waals surface area (Å²) in [5, 5.41) is 0.715. The van der Waals surface area contributed by atoms with Gasteiger partial charge in [-0.1, -0.05) is 0 Å². The number of nitrogens with two attached hydrogens (primary N) is 2. The minimum absolute atomic E-state index is 0.295. The van der Waals surface area contributed by atoms with E-state index in [1.807, 2.05) is 0 Å². The lowest BCUT2D eigenvalue weighted by Gasteiger charge is -2.30. The van der Waals surface area contributed by atoms with Gasteiger partial charge >= 0.3 is 0 Å². The number of hydrogen-bond donors (Lipinski definition) is 2. The number of hydrogen-bond acceptors (Lipinski definition) is 4.